The minimum atomic E-state index is -0.576. The van der Waals surface area contributed by atoms with Crippen LogP contribution in [-0.2, 0) is 9.59 Å². The van der Waals surface area contributed by atoms with E-state index in [0.717, 1.165) is 0 Å². The molecule has 1 N–H and O–H groups in total. The van der Waals surface area contributed by atoms with Crippen molar-refractivity contribution in [1.82, 2.24) is 4.98 Å². The van der Waals surface area contributed by atoms with Crippen molar-refractivity contribution in [2.75, 3.05) is 5.32 Å². The number of aromatic nitrogens is 1. The van der Waals surface area contributed by atoms with Crippen molar-refractivity contribution in [3.05, 3.63) is 24.0 Å². The van der Waals surface area contributed by atoms with Gasteiger partial charge in [-0.3, -0.25) is 14.6 Å². The number of carbonyl (C=O) groups is 3. The number of rotatable bonds is 1. The molecule has 1 aliphatic heterocycles. The molecule has 0 saturated heterocycles. The first kappa shape index (κ1) is 12.0. The Morgan fingerprint density at radius 2 is 2.06 bits per heavy atom. The second-order valence-corrected chi connectivity index (χ2v) is 3.26. The summed E-state index contributed by atoms with van der Waals surface area (Å²) in [5.41, 5.74) is 0.910. The molecule has 0 saturated carbocycles. The van der Waals surface area contributed by atoms with Gasteiger partial charge in [-0.05, 0) is 13.0 Å². The summed E-state index contributed by atoms with van der Waals surface area (Å²) in [5.74, 6) is -0.805. The van der Waals surface area contributed by atoms with Gasteiger partial charge in [0.05, 0.1) is 17.4 Å². The number of hydrogen-bond acceptors (Lipinski definition) is 4. The number of amides is 1. The third-order valence-corrected chi connectivity index (χ3v) is 2.02. The van der Waals surface area contributed by atoms with E-state index in [4.69, 9.17) is 0 Å². The van der Waals surface area contributed by atoms with E-state index in [2.05, 4.69) is 10.3 Å². The summed E-state index contributed by atoms with van der Waals surface area (Å²) >= 11 is 0. The quantitative estimate of drug-likeness (QED) is 0.721. The van der Waals surface area contributed by atoms with E-state index in [-0.39, 0.29) is 5.78 Å². The van der Waals surface area contributed by atoms with E-state index in [9.17, 15) is 14.4 Å². The zero-order valence-corrected chi connectivity index (χ0v) is 9.11. The van der Waals surface area contributed by atoms with Gasteiger partial charge in [-0.15, -0.1) is 0 Å². The maximum absolute atomic E-state index is 11.0. The van der Waals surface area contributed by atoms with Gasteiger partial charge in [0.25, 0.3) is 11.7 Å². The Hall–Kier alpha value is -2.04. The zero-order chi connectivity index (χ0) is 12.1. The number of pyridine rings is 1. The van der Waals surface area contributed by atoms with Crippen LogP contribution < -0.4 is 5.32 Å². The molecule has 1 aromatic rings. The van der Waals surface area contributed by atoms with Crippen LogP contribution in [0.15, 0.2) is 18.5 Å². The molecule has 5 heteroatoms. The molecule has 0 spiro atoms. The number of fused-ring (bicyclic) bond motifs is 1. The molecule has 0 atom stereocenters. The average molecular weight is 220 g/mol. The molecule has 0 radical (unpaired) electrons. The number of ketones is 2. The normalized spacial score (nSPS) is 12.4. The smallest absolute Gasteiger partial charge is 0.296 e. The van der Waals surface area contributed by atoms with Gasteiger partial charge in [-0.25, -0.2) is 0 Å². The molecular weight excluding hydrogens is 208 g/mol. The molecule has 0 unspecified atom stereocenters. The molecule has 16 heavy (non-hydrogen) atoms. The second-order valence-electron chi connectivity index (χ2n) is 3.26. The third kappa shape index (κ3) is 2.73. The highest BCUT2D eigenvalue weighted by Gasteiger charge is 2.27. The van der Waals surface area contributed by atoms with Crippen molar-refractivity contribution in [1.29, 1.82) is 0 Å². The Labute approximate surface area is 92.9 Å². The lowest BCUT2D eigenvalue weighted by molar-refractivity contribution is -0.116. The van der Waals surface area contributed by atoms with E-state index in [0.29, 0.717) is 17.7 Å². The van der Waals surface area contributed by atoms with Crippen molar-refractivity contribution < 1.29 is 14.4 Å². The van der Waals surface area contributed by atoms with E-state index in [1.807, 2.05) is 6.92 Å². The van der Waals surface area contributed by atoms with E-state index >= 15 is 0 Å². The summed E-state index contributed by atoms with van der Waals surface area (Å²) in [6.07, 6.45) is 3.61. The van der Waals surface area contributed by atoms with E-state index in [1.54, 1.807) is 6.92 Å². The second kappa shape index (κ2) is 5.16. The fourth-order valence-corrected chi connectivity index (χ4v) is 0.993. The maximum atomic E-state index is 11.0. The minimum absolute atomic E-state index is 0.255. The number of Topliss-reactive ketones (excluding diaryl/α,β-unsaturated/α-hetero) is 2. The van der Waals surface area contributed by atoms with Gasteiger partial charge in [0.1, 0.15) is 5.78 Å². The van der Waals surface area contributed by atoms with Gasteiger partial charge in [-0.1, -0.05) is 6.92 Å². The van der Waals surface area contributed by atoms with Crippen molar-refractivity contribution in [3.63, 3.8) is 0 Å². The molecule has 5 nitrogen and oxygen atoms in total. The number of nitrogens with one attached hydrogen (secondary N) is 1. The van der Waals surface area contributed by atoms with Gasteiger partial charge in [0.2, 0.25) is 0 Å². The van der Waals surface area contributed by atoms with Gasteiger partial charge < -0.3 is 10.1 Å². The van der Waals surface area contributed by atoms with Crippen LogP contribution >= 0.6 is 0 Å². The standard InChI is InChI=1S/C7H4N2O2.C4H8O/c10-6-4-1-2-8-3-5(4)9-7(6)11;1-3-4(2)5/h1-3H,(H,9,10,11);3H2,1-2H3. The molecular formula is C11H12N2O3. The number of anilines is 1. The first-order chi connectivity index (χ1) is 7.56. The van der Waals surface area contributed by atoms with E-state index in [1.165, 1.54) is 18.5 Å². The van der Waals surface area contributed by atoms with Gasteiger partial charge >= 0.3 is 0 Å². The number of nitrogens with zero attached hydrogens (tertiary/aromatic N) is 1. The number of carbonyl (C=O) groups excluding carboxylic acids is 3. The summed E-state index contributed by atoms with van der Waals surface area (Å²) in [4.78, 5) is 35.3. The first-order valence-corrected chi connectivity index (χ1v) is 4.85. The predicted octanol–water partition coefficient (Wildman–Crippen LogP) is 1.20. The molecule has 0 aromatic carbocycles. The monoisotopic (exact) mass is 220 g/mol. The lowest BCUT2D eigenvalue weighted by atomic mass is 10.2. The minimum Gasteiger partial charge on any atom is -0.317 e. The highest BCUT2D eigenvalue weighted by molar-refractivity contribution is 6.51. The first-order valence-electron chi connectivity index (χ1n) is 4.85. The highest BCUT2D eigenvalue weighted by atomic mass is 16.2. The fourth-order valence-electron chi connectivity index (χ4n) is 0.993. The third-order valence-electron chi connectivity index (χ3n) is 2.02. The summed E-state index contributed by atoms with van der Waals surface area (Å²) in [6.45, 7) is 3.43. The molecule has 1 aromatic heterocycles. The van der Waals surface area contributed by atoms with Crippen molar-refractivity contribution >= 4 is 23.2 Å². The molecule has 1 aliphatic rings. The van der Waals surface area contributed by atoms with Crippen molar-refractivity contribution in [2.24, 2.45) is 0 Å². The average Bonchev–Trinajstić information content (AvgIpc) is 2.56. The van der Waals surface area contributed by atoms with Crippen LogP contribution in [0.2, 0.25) is 0 Å². The molecule has 84 valence electrons. The van der Waals surface area contributed by atoms with Gasteiger partial charge in [0, 0.05) is 12.6 Å². The Morgan fingerprint density at radius 1 is 1.44 bits per heavy atom. The Kier molecular flexibility index (Phi) is 3.88. The van der Waals surface area contributed by atoms with Crippen molar-refractivity contribution in [2.45, 2.75) is 20.3 Å². The molecule has 1 amide bonds. The van der Waals surface area contributed by atoms with Crippen LogP contribution in [0.1, 0.15) is 30.6 Å². The highest BCUT2D eigenvalue weighted by Crippen LogP contribution is 2.19. The largest absolute Gasteiger partial charge is 0.317 e. The SMILES string of the molecule is CCC(C)=O.O=C1Nc2cnccc2C1=O. The lowest BCUT2D eigenvalue weighted by Gasteiger charge is -1.90. The van der Waals surface area contributed by atoms with Crippen LogP contribution in [0.5, 0.6) is 0 Å². The number of hydrogen-bond donors (Lipinski definition) is 1. The Morgan fingerprint density at radius 3 is 2.56 bits per heavy atom. The Balaban J connectivity index is 0.000000221. The topological polar surface area (TPSA) is 76.1 Å². The molecule has 0 fully saturated rings. The fraction of sp³-hybridized carbons (Fsp3) is 0.273. The summed E-state index contributed by atoms with van der Waals surface area (Å²) < 4.78 is 0. The van der Waals surface area contributed by atoms with Crippen LogP contribution in [-0.4, -0.2) is 22.5 Å². The molecule has 0 bridgehead atoms. The zero-order valence-electron chi connectivity index (χ0n) is 9.11. The lowest BCUT2D eigenvalue weighted by Crippen LogP contribution is -2.12. The predicted molar refractivity (Wildman–Crippen MR) is 58.2 cm³/mol. The molecule has 2 heterocycles. The Bertz CT molecular complexity index is 441. The molecule has 2 rings (SSSR count). The van der Waals surface area contributed by atoms with Crippen LogP contribution in [0.25, 0.3) is 0 Å². The summed E-state index contributed by atoms with van der Waals surface area (Å²) in [7, 11) is 0. The van der Waals surface area contributed by atoms with Gasteiger partial charge in [0.15, 0.2) is 0 Å². The summed E-state index contributed by atoms with van der Waals surface area (Å²) in [5, 5.41) is 2.40. The van der Waals surface area contributed by atoms with Crippen molar-refractivity contribution in [3.8, 4) is 0 Å². The van der Waals surface area contributed by atoms with Crippen LogP contribution in [0.4, 0.5) is 5.69 Å². The van der Waals surface area contributed by atoms with Crippen LogP contribution in [0.3, 0.4) is 0 Å². The van der Waals surface area contributed by atoms with Gasteiger partial charge in [-0.2, -0.15) is 0 Å². The maximum Gasteiger partial charge on any atom is 0.296 e. The molecule has 0 aliphatic carbocycles. The summed E-state index contributed by atoms with van der Waals surface area (Å²) in [6, 6.07) is 1.52. The van der Waals surface area contributed by atoms with E-state index < -0.39 is 11.7 Å². The van der Waals surface area contributed by atoms with Crippen LogP contribution in [0, 0.1) is 0 Å².